The molecule has 152 valence electrons. The molecule has 0 unspecified atom stereocenters. The van der Waals surface area contributed by atoms with Crippen LogP contribution in [0.2, 0.25) is 0 Å². The van der Waals surface area contributed by atoms with Crippen LogP contribution in [0, 0.1) is 6.92 Å². The summed E-state index contributed by atoms with van der Waals surface area (Å²) in [5.41, 5.74) is 3.73. The van der Waals surface area contributed by atoms with Gasteiger partial charge in [-0.15, -0.1) is 0 Å². The minimum atomic E-state index is -0.298. The van der Waals surface area contributed by atoms with Crippen LogP contribution in [0.1, 0.15) is 48.4 Å². The summed E-state index contributed by atoms with van der Waals surface area (Å²) >= 11 is 0. The van der Waals surface area contributed by atoms with Crippen molar-refractivity contribution in [2.24, 2.45) is 7.05 Å². The second kappa shape index (κ2) is 7.90. The maximum absolute atomic E-state index is 13.2. The Kier molecular flexibility index (Phi) is 5.54. The molecular formula is C21H25N5O3. The van der Waals surface area contributed by atoms with E-state index in [0.29, 0.717) is 33.7 Å². The highest BCUT2D eigenvalue weighted by atomic mass is 16.5. The standard InChI is InChI=1S/C21H25N5O3/c1-11(2)16-10-15(19-12(3)25-26(5)20(19)23-16)21(28)24-17-9-14(22-13(4)27)7-8-18(17)29-6/h7-11H,1-6H3,(H,22,27)(H,24,28). The number of nitrogens with zero attached hydrogens (tertiary/aromatic N) is 3. The number of anilines is 2. The zero-order valence-corrected chi connectivity index (χ0v) is 17.5. The first-order valence-corrected chi connectivity index (χ1v) is 9.32. The summed E-state index contributed by atoms with van der Waals surface area (Å²) in [4.78, 5) is 29.3. The fourth-order valence-electron chi connectivity index (χ4n) is 3.22. The van der Waals surface area contributed by atoms with E-state index >= 15 is 0 Å². The number of ether oxygens (including phenoxy) is 1. The second-order valence-electron chi connectivity index (χ2n) is 7.21. The Morgan fingerprint density at radius 3 is 2.52 bits per heavy atom. The topological polar surface area (TPSA) is 98.1 Å². The molecule has 0 bridgehead atoms. The monoisotopic (exact) mass is 395 g/mol. The summed E-state index contributed by atoms with van der Waals surface area (Å²) < 4.78 is 7.05. The van der Waals surface area contributed by atoms with E-state index in [1.54, 1.807) is 28.9 Å². The molecule has 8 heteroatoms. The molecule has 0 saturated carbocycles. The van der Waals surface area contributed by atoms with Gasteiger partial charge in [0.25, 0.3) is 5.91 Å². The lowest BCUT2D eigenvalue weighted by atomic mass is 10.0. The SMILES string of the molecule is COc1ccc(NC(C)=O)cc1NC(=O)c1cc(C(C)C)nc2c1c(C)nn2C. The molecule has 0 spiro atoms. The second-order valence-corrected chi connectivity index (χ2v) is 7.21. The van der Waals surface area contributed by atoms with Crippen molar-refractivity contribution in [2.75, 3.05) is 17.7 Å². The van der Waals surface area contributed by atoms with E-state index in [-0.39, 0.29) is 17.7 Å². The minimum Gasteiger partial charge on any atom is -0.495 e. The quantitative estimate of drug-likeness (QED) is 0.688. The molecule has 3 aromatic rings. The molecule has 1 aromatic carbocycles. The number of hydrogen-bond donors (Lipinski definition) is 2. The summed E-state index contributed by atoms with van der Waals surface area (Å²) in [6.45, 7) is 7.33. The number of aryl methyl sites for hydroxylation is 2. The summed E-state index contributed by atoms with van der Waals surface area (Å²) in [5, 5.41) is 10.8. The molecule has 0 aliphatic heterocycles. The largest absolute Gasteiger partial charge is 0.495 e. The van der Waals surface area contributed by atoms with Crippen LogP contribution in [0.3, 0.4) is 0 Å². The maximum Gasteiger partial charge on any atom is 0.256 e. The highest BCUT2D eigenvalue weighted by Crippen LogP contribution is 2.30. The van der Waals surface area contributed by atoms with Crippen LogP contribution in [0.4, 0.5) is 11.4 Å². The van der Waals surface area contributed by atoms with Gasteiger partial charge in [-0.2, -0.15) is 5.10 Å². The molecule has 0 aliphatic rings. The molecule has 2 N–H and O–H groups in total. The number of benzene rings is 1. The molecule has 0 fully saturated rings. The number of fused-ring (bicyclic) bond motifs is 1. The normalized spacial score (nSPS) is 11.0. The van der Waals surface area contributed by atoms with E-state index in [9.17, 15) is 9.59 Å². The third-order valence-corrected chi connectivity index (χ3v) is 4.59. The number of hydrogen-bond acceptors (Lipinski definition) is 5. The lowest BCUT2D eigenvalue weighted by molar-refractivity contribution is -0.114. The maximum atomic E-state index is 13.2. The van der Waals surface area contributed by atoms with Crippen LogP contribution in [0.5, 0.6) is 5.75 Å². The Balaban J connectivity index is 2.07. The molecule has 2 amide bonds. The molecule has 8 nitrogen and oxygen atoms in total. The number of amides is 2. The fraction of sp³-hybridized carbons (Fsp3) is 0.333. The van der Waals surface area contributed by atoms with Gasteiger partial charge < -0.3 is 15.4 Å². The first kappa shape index (κ1) is 20.3. The summed E-state index contributed by atoms with van der Waals surface area (Å²) in [6, 6.07) is 6.87. The van der Waals surface area contributed by atoms with Crippen LogP contribution < -0.4 is 15.4 Å². The first-order valence-electron chi connectivity index (χ1n) is 9.32. The molecule has 0 atom stereocenters. The molecule has 3 rings (SSSR count). The van der Waals surface area contributed by atoms with Crippen LogP contribution in [0.25, 0.3) is 11.0 Å². The van der Waals surface area contributed by atoms with Crippen molar-refractivity contribution in [3.63, 3.8) is 0 Å². The van der Waals surface area contributed by atoms with E-state index in [1.165, 1.54) is 14.0 Å². The molecule has 0 saturated heterocycles. The van der Waals surface area contributed by atoms with Crippen molar-refractivity contribution in [1.82, 2.24) is 14.8 Å². The van der Waals surface area contributed by atoms with E-state index in [0.717, 1.165) is 11.4 Å². The predicted molar refractivity (Wildman–Crippen MR) is 113 cm³/mol. The molecule has 29 heavy (non-hydrogen) atoms. The molecule has 0 radical (unpaired) electrons. The van der Waals surface area contributed by atoms with Gasteiger partial charge in [0.1, 0.15) is 5.75 Å². The van der Waals surface area contributed by atoms with Crippen molar-refractivity contribution in [1.29, 1.82) is 0 Å². The van der Waals surface area contributed by atoms with Crippen LogP contribution in [-0.2, 0) is 11.8 Å². The fourth-order valence-corrected chi connectivity index (χ4v) is 3.22. The predicted octanol–water partition coefficient (Wildman–Crippen LogP) is 3.62. The zero-order chi connectivity index (χ0) is 21.3. The average molecular weight is 395 g/mol. The van der Waals surface area contributed by atoms with E-state index in [4.69, 9.17) is 4.74 Å². The Bertz CT molecular complexity index is 1100. The number of nitrogens with one attached hydrogen (secondary N) is 2. The van der Waals surface area contributed by atoms with Crippen LogP contribution >= 0.6 is 0 Å². The van der Waals surface area contributed by atoms with E-state index < -0.39 is 0 Å². The lowest BCUT2D eigenvalue weighted by Crippen LogP contribution is -2.15. The van der Waals surface area contributed by atoms with Gasteiger partial charge in [0.05, 0.1) is 29.4 Å². The van der Waals surface area contributed by atoms with Crippen LogP contribution in [-0.4, -0.2) is 33.7 Å². The third kappa shape index (κ3) is 4.06. The average Bonchev–Trinajstić information content (AvgIpc) is 2.94. The van der Waals surface area contributed by atoms with Gasteiger partial charge >= 0.3 is 0 Å². The number of aromatic nitrogens is 3. The number of pyridine rings is 1. The van der Waals surface area contributed by atoms with Crippen LogP contribution in [0.15, 0.2) is 24.3 Å². The Morgan fingerprint density at radius 1 is 1.17 bits per heavy atom. The first-order chi connectivity index (χ1) is 13.7. The number of carbonyl (C=O) groups excluding carboxylic acids is 2. The van der Waals surface area contributed by atoms with Crippen molar-refractivity contribution < 1.29 is 14.3 Å². The highest BCUT2D eigenvalue weighted by molar-refractivity contribution is 6.13. The summed E-state index contributed by atoms with van der Waals surface area (Å²) in [5.74, 6) is 0.146. The van der Waals surface area contributed by atoms with Gasteiger partial charge in [-0.25, -0.2) is 4.98 Å². The zero-order valence-electron chi connectivity index (χ0n) is 17.5. The Hall–Kier alpha value is -3.42. The van der Waals surface area contributed by atoms with Gasteiger partial charge in [0.2, 0.25) is 5.91 Å². The molecule has 0 aliphatic carbocycles. The molecular weight excluding hydrogens is 370 g/mol. The highest BCUT2D eigenvalue weighted by Gasteiger charge is 2.20. The van der Waals surface area contributed by atoms with E-state index in [1.807, 2.05) is 27.8 Å². The summed E-state index contributed by atoms with van der Waals surface area (Å²) in [6.07, 6.45) is 0. The summed E-state index contributed by atoms with van der Waals surface area (Å²) in [7, 11) is 3.34. The molecule has 2 heterocycles. The van der Waals surface area contributed by atoms with Crippen molar-refractivity contribution in [3.05, 3.63) is 41.2 Å². The Morgan fingerprint density at radius 2 is 1.90 bits per heavy atom. The van der Waals surface area contributed by atoms with Gasteiger partial charge in [0.15, 0.2) is 5.65 Å². The minimum absolute atomic E-state index is 0.152. The van der Waals surface area contributed by atoms with Gasteiger partial charge in [0, 0.05) is 25.4 Å². The molecule has 2 aromatic heterocycles. The van der Waals surface area contributed by atoms with Gasteiger partial charge in [-0.3, -0.25) is 14.3 Å². The van der Waals surface area contributed by atoms with E-state index in [2.05, 4.69) is 20.7 Å². The number of rotatable bonds is 5. The third-order valence-electron chi connectivity index (χ3n) is 4.59. The van der Waals surface area contributed by atoms with Crippen molar-refractivity contribution >= 4 is 34.2 Å². The number of carbonyl (C=O) groups is 2. The van der Waals surface area contributed by atoms with Crippen molar-refractivity contribution in [2.45, 2.75) is 33.6 Å². The Labute approximate surface area is 169 Å². The van der Waals surface area contributed by atoms with Crippen molar-refractivity contribution in [3.8, 4) is 5.75 Å². The number of methoxy groups -OCH3 is 1. The van der Waals surface area contributed by atoms with Gasteiger partial charge in [-0.05, 0) is 37.1 Å². The van der Waals surface area contributed by atoms with Gasteiger partial charge in [-0.1, -0.05) is 13.8 Å². The smallest absolute Gasteiger partial charge is 0.256 e. The lowest BCUT2D eigenvalue weighted by Gasteiger charge is -2.14.